The highest BCUT2D eigenvalue weighted by Crippen LogP contribution is 2.34. The Morgan fingerprint density at radius 2 is 1.83 bits per heavy atom. The SMILES string of the molecule is CC(CN1CCOCC1)NC(=O)N1CCCC1C1CCCCC1. The quantitative estimate of drug-likeness (QED) is 0.864. The summed E-state index contributed by atoms with van der Waals surface area (Å²) in [6, 6.07) is 0.859. The number of morpholine rings is 1. The van der Waals surface area contributed by atoms with E-state index in [1.807, 2.05) is 0 Å². The molecule has 0 aromatic rings. The van der Waals surface area contributed by atoms with E-state index in [0.29, 0.717) is 6.04 Å². The van der Waals surface area contributed by atoms with Crippen molar-refractivity contribution in [2.24, 2.45) is 5.92 Å². The maximum absolute atomic E-state index is 12.7. The Labute approximate surface area is 140 Å². The molecule has 2 heterocycles. The van der Waals surface area contributed by atoms with E-state index in [-0.39, 0.29) is 12.1 Å². The molecule has 132 valence electrons. The molecule has 23 heavy (non-hydrogen) atoms. The molecule has 1 aliphatic carbocycles. The van der Waals surface area contributed by atoms with Gasteiger partial charge in [0, 0.05) is 38.3 Å². The third kappa shape index (κ3) is 4.60. The van der Waals surface area contributed by atoms with Crippen molar-refractivity contribution in [3.63, 3.8) is 0 Å². The number of nitrogens with one attached hydrogen (secondary N) is 1. The Kier molecular flexibility index (Phi) is 6.17. The fraction of sp³-hybridized carbons (Fsp3) is 0.944. The van der Waals surface area contributed by atoms with Gasteiger partial charge in [-0.25, -0.2) is 4.79 Å². The molecule has 3 aliphatic rings. The first-order valence-electron chi connectivity index (χ1n) is 9.61. The summed E-state index contributed by atoms with van der Waals surface area (Å²) in [6.45, 7) is 7.59. The molecule has 2 atom stereocenters. The van der Waals surface area contributed by atoms with Gasteiger partial charge in [-0.15, -0.1) is 0 Å². The fourth-order valence-corrected chi connectivity index (χ4v) is 4.56. The minimum atomic E-state index is 0.166. The van der Waals surface area contributed by atoms with Crippen LogP contribution >= 0.6 is 0 Å². The summed E-state index contributed by atoms with van der Waals surface area (Å²) in [5, 5.41) is 3.24. The molecule has 0 bridgehead atoms. The number of hydrogen-bond acceptors (Lipinski definition) is 3. The van der Waals surface area contributed by atoms with Crippen LogP contribution < -0.4 is 5.32 Å². The van der Waals surface area contributed by atoms with Crippen LogP contribution in [0, 0.1) is 5.92 Å². The highest BCUT2D eigenvalue weighted by atomic mass is 16.5. The predicted octanol–water partition coefficient (Wildman–Crippen LogP) is 2.46. The van der Waals surface area contributed by atoms with E-state index in [4.69, 9.17) is 4.74 Å². The second-order valence-electron chi connectivity index (χ2n) is 7.56. The number of likely N-dealkylation sites (tertiary alicyclic amines) is 1. The van der Waals surface area contributed by atoms with Gasteiger partial charge in [-0.05, 0) is 38.5 Å². The van der Waals surface area contributed by atoms with Crippen LogP contribution in [0.3, 0.4) is 0 Å². The molecule has 1 N–H and O–H groups in total. The summed E-state index contributed by atoms with van der Waals surface area (Å²) in [6.07, 6.45) is 9.10. The third-order valence-electron chi connectivity index (χ3n) is 5.76. The zero-order chi connectivity index (χ0) is 16.1. The number of hydrogen-bond donors (Lipinski definition) is 1. The number of rotatable bonds is 4. The zero-order valence-electron chi connectivity index (χ0n) is 14.6. The average molecular weight is 323 g/mol. The molecule has 2 amide bonds. The molecule has 2 aliphatic heterocycles. The Morgan fingerprint density at radius 3 is 2.57 bits per heavy atom. The maximum atomic E-state index is 12.7. The first-order chi connectivity index (χ1) is 11.2. The molecule has 3 rings (SSSR count). The van der Waals surface area contributed by atoms with E-state index in [1.165, 1.54) is 44.9 Å². The topological polar surface area (TPSA) is 44.8 Å². The molecule has 0 aromatic heterocycles. The van der Waals surface area contributed by atoms with Crippen molar-refractivity contribution in [1.29, 1.82) is 0 Å². The predicted molar refractivity (Wildman–Crippen MR) is 91.6 cm³/mol. The first kappa shape index (κ1) is 17.0. The van der Waals surface area contributed by atoms with Crippen LogP contribution in [0.25, 0.3) is 0 Å². The molecule has 0 spiro atoms. The summed E-state index contributed by atoms with van der Waals surface area (Å²) < 4.78 is 5.39. The van der Waals surface area contributed by atoms with Crippen molar-refractivity contribution in [2.75, 3.05) is 39.4 Å². The summed E-state index contributed by atoms with van der Waals surface area (Å²) in [7, 11) is 0. The van der Waals surface area contributed by atoms with E-state index < -0.39 is 0 Å². The van der Waals surface area contributed by atoms with E-state index in [0.717, 1.165) is 45.3 Å². The highest BCUT2D eigenvalue weighted by molar-refractivity contribution is 5.75. The van der Waals surface area contributed by atoms with Gasteiger partial charge in [0.25, 0.3) is 0 Å². The number of nitrogens with zero attached hydrogens (tertiary/aromatic N) is 2. The lowest BCUT2D eigenvalue weighted by molar-refractivity contribution is 0.0345. The van der Waals surface area contributed by atoms with E-state index in [2.05, 4.69) is 22.0 Å². The number of ether oxygens (including phenoxy) is 1. The molecule has 0 radical (unpaired) electrons. The van der Waals surface area contributed by atoms with Crippen LogP contribution in [0.15, 0.2) is 0 Å². The molecule has 5 nitrogen and oxygen atoms in total. The number of amides is 2. The Bertz CT molecular complexity index is 378. The largest absolute Gasteiger partial charge is 0.379 e. The van der Waals surface area contributed by atoms with E-state index >= 15 is 0 Å². The molecule has 1 saturated carbocycles. The lowest BCUT2D eigenvalue weighted by atomic mass is 9.83. The number of carbonyl (C=O) groups is 1. The molecular weight excluding hydrogens is 290 g/mol. The number of urea groups is 1. The average Bonchev–Trinajstić information content (AvgIpc) is 3.06. The fourth-order valence-electron chi connectivity index (χ4n) is 4.56. The zero-order valence-corrected chi connectivity index (χ0v) is 14.6. The van der Waals surface area contributed by atoms with Crippen LogP contribution in [-0.2, 0) is 4.74 Å². The number of carbonyl (C=O) groups excluding carboxylic acids is 1. The monoisotopic (exact) mass is 323 g/mol. The Hall–Kier alpha value is -0.810. The summed E-state index contributed by atoms with van der Waals surface area (Å²) in [4.78, 5) is 17.3. The summed E-state index contributed by atoms with van der Waals surface area (Å²) in [5.74, 6) is 0.742. The van der Waals surface area contributed by atoms with Crippen molar-refractivity contribution in [3.05, 3.63) is 0 Å². The van der Waals surface area contributed by atoms with Crippen molar-refractivity contribution in [2.45, 2.75) is 64.0 Å². The normalized spacial score (nSPS) is 28.7. The van der Waals surface area contributed by atoms with Gasteiger partial charge in [0.1, 0.15) is 0 Å². The van der Waals surface area contributed by atoms with Crippen molar-refractivity contribution < 1.29 is 9.53 Å². The first-order valence-corrected chi connectivity index (χ1v) is 9.61. The van der Waals surface area contributed by atoms with E-state index in [9.17, 15) is 4.79 Å². The van der Waals surface area contributed by atoms with Gasteiger partial charge in [-0.2, -0.15) is 0 Å². The van der Waals surface area contributed by atoms with Gasteiger partial charge in [-0.3, -0.25) is 4.90 Å². The summed E-state index contributed by atoms with van der Waals surface area (Å²) >= 11 is 0. The lowest BCUT2D eigenvalue weighted by Gasteiger charge is -2.35. The van der Waals surface area contributed by atoms with Crippen LogP contribution in [0.1, 0.15) is 51.9 Å². The van der Waals surface area contributed by atoms with Gasteiger partial charge in [0.05, 0.1) is 13.2 Å². The molecule has 2 saturated heterocycles. The molecule has 0 aromatic carbocycles. The van der Waals surface area contributed by atoms with Crippen LogP contribution in [-0.4, -0.2) is 67.3 Å². The Morgan fingerprint density at radius 1 is 1.09 bits per heavy atom. The van der Waals surface area contributed by atoms with Crippen LogP contribution in [0.2, 0.25) is 0 Å². The van der Waals surface area contributed by atoms with Gasteiger partial charge >= 0.3 is 6.03 Å². The minimum Gasteiger partial charge on any atom is -0.379 e. The molecule has 2 unspecified atom stereocenters. The van der Waals surface area contributed by atoms with Gasteiger partial charge < -0.3 is 15.0 Å². The molecule has 5 heteroatoms. The van der Waals surface area contributed by atoms with Crippen LogP contribution in [0.5, 0.6) is 0 Å². The second-order valence-corrected chi connectivity index (χ2v) is 7.56. The standard InChI is InChI=1S/C18H33N3O2/c1-15(14-20-10-12-23-13-11-20)19-18(22)21-9-5-8-17(21)16-6-3-2-4-7-16/h15-17H,2-14H2,1H3,(H,19,22). The highest BCUT2D eigenvalue weighted by Gasteiger charge is 2.35. The lowest BCUT2D eigenvalue weighted by Crippen LogP contribution is -2.52. The van der Waals surface area contributed by atoms with E-state index in [1.54, 1.807) is 0 Å². The molecular formula is C18H33N3O2. The maximum Gasteiger partial charge on any atom is 0.317 e. The smallest absolute Gasteiger partial charge is 0.317 e. The van der Waals surface area contributed by atoms with Gasteiger partial charge in [0.2, 0.25) is 0 Å². The van der Waals surface area contributed by atoms with Crippen LogP contribution in [0.4, 0.5) is 4.79 Å². The van der Waals surface area contributed by atoms with Crippen molar-refractivity contribution >= 4 is 6.03 Å². The summed E-state index contributed by atoms with van der Waals surface area (Å²) in [5.41, 5.74) is 0. The Balaban J connectivity index is 1.47. The molecule has 3 fully saturated rings. The van der Waals surface area contributed by atoms with Crippen molar-refractivity contribution in [1.82, 2.24) is 15.1 Å². The third-order valence-corrected chi connectivity index (χ3v) is 5.76. The van der Waals surface area contributed by atoms with Gasteiger partial charge in [-0.1, -0.05) is 19.3 Å². The minimum absolute atomic E-state index is 0.166. The van der Waals surface area contributed by atoms with Crippen molar-refractivity contribution in [3.8, 4) is 0 Å². The second kappa shape index (κ2) is 8.34. The van der Waals surface area contributed by atoms with Gasteiger partial charge in [0.15, 0.2) is 0 Å².